The van der Waals surface area contributed by atoms with Gasteiger partial charge in [0.05, 0.1) is 12.3 Å². The lowest BCUT2D eigenvalue weighted by molar-refractivity contribution is 0.102. The van der Waals surface area contributed by atoms with Gasteiger partial charge in [-0.15, -0.1) is 0 Å². The van der Waals surface area contributed by atoms with E-state index in [2.05, 4.69) is 21.2 Å². The highest BCUT2D eigenvalue weighted by Gasteiger charge is 2.13. The summed E-state index contributed by atoms with van der Waals surface area (Å²) in [4.78, 5) is 12.6. The molecule has 3 aromatic rings. The van der Waals surface area contributed by atoms with E-state index in [1.54, 1.807) is 24.3 Å². The van der Waals surface area contributed by atoms with Gasteiger partial charge >= 0.3 is 0 Å². The van der Waals surface area contributed by atoms with Crippen LogP contribution >= 0.6 is 15.9 Å². The number of aryl methyl sites for hydroxylation is 1. The van der Waals surface area contributed by atoms with Gasteiger partial charge in [-0.05, 0) is 62.4 Å². The van der Waals surface area contributed by atoms with Crippen molar-refractivity contribution in [2.75, 3.05) is 11.9 Å². The third-order valence-electron chi connectivity index (χ3n) is 4.22. The second-order valence-electron chi connectivity index (χ2n) is 6.44. The standard InChI is InChI=1S/C23H21BrFNO3/c1-3-28-22-11-6-16(23(27)26-21-10-7-18(24)13-20(21)25)12-17(22)14-29-19-8-4-15(2)5-9-19/h4-13H,3,14H2,1-2H3,(H,26,27). The molecule has 0 spiro atoms. The Hall–Kier alpha value is -2.86. The van der Waals surface area contributed by atoms with Crippen molar-refractivity contribution in [3.63, 3.8) is 0 Å². The van der Waals surface area contributed by atoms with Gasteiger partial charge in [-0.1, -0.05) is 33.6 Å². The first-order chi connectivity index (χ1) is 14.0. The first kappa shape index (κ1) is 20.9. The first-order valence-electron chi connectivity index (χ1n) is 9.18. The summed E-state index contributed by atoms with van der Waals surface area (Å²) >= 11 is 3.20. The highest BCUT2D eigenvalue weighted by molar-refractivity contribution is 9.10. The van der Waals surface area contributed by atoms with Gasteiger partial charge in [0.2, 0.25) is 0 Å². The summed E-state index contributed by atoms with van der Waals surface area (Å²) in [5.41, 5.74) is 2.38. The molecule has 1 amide bonds. The van der Waals surface area contributed by atoms with Gasteiger partial charge in [0.1, 0.15) is 23.9 Å². The Morgan fingerprint density at radius 3 is 2.48 bits per heavy atom. The van der Waals surface area contributed by atoms with E-state index < -0.39 is 11.7 Å². The van der Waals surface area contributed by atoms with E-state index in [4.69, 9.17) is 9.47 Å². The third kappa shape index (κ3) is 5.57. The molecule has 29 heavy (non-hydrogen) atoms. The lowest BCUT2D eigenvalue weighted by Gasteiger charge is -2.14. The number of benzene rings is 3. The zero-order chi connectivity index (χ0) is 20.8. The van der Waals surface area contributed by atoms with Gasteiger partial charge in [0.25, 0.3) is 5.91 Å². The van der Waals surface area contributed by atoms with Crippen LogP contribution in [0.1, 0.15) is 28.4 Å². The lowest BCUT2D eigenvalue weighted by Crippen LogP contribution is -2.14. The Kier molecular flexibility index (Phi) is 6.88. The lowest BCUT2D eigenvalue weighted by atomic mass is 10.1. The minimum absolute atomic E-state index is 0.115. The normalized spacial score (nSPS) is 10.5. The molecule has 150 valence electrons. The molecule has 0 heterocycles. The Morgan fingerprint density at radius 2 is 1.79 bits per heavy atom. The van der Waals surface area contributed by atoms with Crippen LogP contribution in [-0.4, -0.2) is 12.5 Å². The quantitative estimate of drug-likeness (QED) is 0.464. The van der Waals surface area contributed by atoms with Crippen LogP contribution in [-0.2, 0) is 6.61 Å². The van der Waals surface area contributed by atoms with Crippen molar-refractivity contribution in [3.8, 4) is 11.5 Å². The number of carbonyl (C=O) groups excluding carboxylic acids is 1. The summed E-state index contributed by atoms with van der Waals surface area (Å²) in [6, 6.07) is 17.3. The van der Waals surface area contributed by atoms with Gasteiger partial charge in [-0.3, -0.25) is 4.79 Å². The molecule has 3 rings (SSSR count). The number of hydrogen-bond donors (Lipinski definition) is 1. The number of ether oxygens (including phenoxy) is 2. The van der Waals surface area contributed by atoms with Crippen molar-refractivity contribution in [1.82, 2.24) is 0 Å². The number of hydrogen-bond acceptors (Lipinski definition) is 3. The molecule has 0 unspecified atom stereocenters. The van der Waals surface area contributed by atoms with Crippen LogP contribution < -0.4 is 14.8 Å². The zero-order valence-corrected chi connectivity index (χ0v) is 17.8. The molecule has 0 aliphatic rings. The zero-order valence-electron chi connectivity index (χ0n) is 16.2. The maximum atomic E-state index is 14.0. The molecule has 1 N–H and O–H groups in total. The Bertz CT molecular complexity index is 1010. The van der Waals surface area contributed by atoms with Crippen LogP contribution in [0, 0.1) is 12.7 Å². The Balaban J connectivity index is 1.79. The molecule has 0 radical (unpaired) electrons. The monoisotopic (exact) mass is 457 g/mol. The number of nitrogens with one attached hydrogen (secondary N) is 1. The van der Waals surface area contributed by atoms with Crippen LogP contribution in [0.5, 0.6) is 11.5 Å². The van der Waals surface area contributed by atoms with Crippen molar-refractivity contribution >= 4 is 27.5 Å². The molecule has 3 aromatic carbocycles. The van der Waals surface area contributed by atoms with Crippen molar-refractivity contribution < 1.29 is 18.7 Å². The van der Waals surface area contributed by atoms with Crippen molar-refractivity contribution in [1.29, 1.82) is 0 Å². The number of carbonyl (C=O) groups is 1. The molecule has 0 fully saturated rings. The van der Waals surface area contributed by atoms with Crippen molar-refractivity contribution in [3.05, 3.63) is 87.6 Å². The predicted molar refractivity (Wildman–Crippen MR) is 115 cm³/mol. The number of amides is 1. The molecule has 0 aliphatic carbocycles. The molecular formula is C23H21BrFNO3. The molecule has 0 bridgehead atoms. The maximum Gasteiger partial charge on any atom is 0.255 e. The van der Waals surface area contributed by atoms with E-state index in [1.807, 2.05) is 38.1 Å². The predicted octanol–water partition coefficient (Wildman–Crippen LogP) is 6.13. The largest absolute Gasteiger partial charge is 0.493 e. The second-order valence-corrected chi connectivity index (χ2v) is 7.35. The minimum Gasteiger partial charge on any atom is -0.493 e. The topological polar surface area (TPSA) is 47.6 Å². The van der Waals surface area contributed by atoms with E-state index in [0.29, 0.717) is 22.4 Å². The summed E-state index contributed by atoms with van der Waals surface area (Å²) in [6.07, 6.45) is 0. The first-order valence-corrected chi connectivity index (χ1v) is 9.97. The number of rotatable bonds is 7. The van der Waals surface area contributed by atoms with Gasteiger partial charge in [-0.25, -0.2) is 4.39 Å². The van der Waals surface area contributed by atoms with Crippen LogP contribution in [0.4, 0.5) is 10.1 Å². The average molecular weight is 458 g/mol. The Labute approximate surface area is 177 Å². The third-order valence-corrected chi connectivity index (χ3v) is 4.71. The van der Waals surface area contributed by atoms with Gasteiger partial charge < -0.3 is 14.8 Å². The van der Waals surface area contributed by atoms with Crippen molar-refractivity contribution in [2.24, 2.45) is 0 Å². The van der Waals surface area contributed by atoms with E-state index in [0.717, 1.165) is 16.9 Å². The van der Waals surface area contributed by atoms with Crippen LogP contribution in [0.3, 0.4) is 0 Å². The molecular weight excluding hydrogens is 437 g/mol. The van der Waals surface area contributed by atoms with E-state index in [9.17, 15) is 9.18 Å². The number of anilines is 1. The number of halogens is 2. The second kappa shape index (κ2) is 9.56. The van der Waals surface area contributed by atoms with E-state index in [-0.39, 0.29) is 12.3 Å². The van der Waals surface area contributed by atoms with E-state index >= 15 is 0 Å². The maximum absolute atomic E-state index is 14.0. The highest BCUT2D eigenvalue weighted by atomic mass is 79.9. The SMILES string of the molecule is CCOc1ccc(C(=O)Nc2ccc(Br)cc2F)cc1COc1ccc(C)cc1. The molecule has 0 atom stereocenters. The molecule has 0 saturated carbocycles. The van der Waals surface area contributed by atoms with Gasteiger partial charge in [0, 0.05) is 15.6 Å². The molecule has 0 aromatic heterocycles. The fourth-order valence-corrected chi connectivity index (χ4v) is 3.04. The molecule has 4 nitrogen and oxygen atoms in total. The summed E-state index contributed by atoms with van der Waals surface area (Å²) in [6.45, 7) is 4.63. The van der Waals surface area contributed by atoms with Crippen LogP contribution in [0.2, 0.25) is 0 Å². The minimum atomic E-state index is -0.512. The van der Waals surface area contributed by atoms with Crippen LogP contribution in [0.15, 0.2) is 65.1 Å². The smallest absolute Gasteiger partial charge is 0.255 e. The van der Waals surface area contributed by atoms with Crippen molar-refractivity contribution in [2.45, 2.75) is 20.5 Å². The summed E-state index contributed by atoms with van der Waals surface area (Å²) in [5, 5.41) is 2.60. The van der Waals surface area contributed by atoms with Gasteiger partial charge in [-0.2, -0.15) is 0 Å². The fourth-order valence-electron chi connectivity index (χ4n) is 2.71. The van der Waals surface area contributed by atoms with E-state index in [1.165, 1.54) is 12.1 Å². The summed E-state index contributed by atoms with van der Waals surface area (Å²) in [7, 11) is 0. The highest BCUT2D eigenvalue weighted by Crippen LogP contribution is 2.25. The van der Waals surface area contributed by atoms with Gasteiger partial charge in [0.15, 0.2) is 0 Å². The molecule has 6 heteroatoms. The summed E-state index contributed by atoms with van der Waals surface area (Å²) < 4.78 is 26.1. The molecule has 0 aliphatic heterocycles. The fraction of sp³-hybridized carbons (Fsp3) is 0.174. The molecule has 0 saturated heterocycles. The van der Waals surface area contributed by atoms with Crippen LogP contribution in [0.25, 0.3) is 0 Å². The summed E-state index contributed by atoms with van der Waals surface area (Å²) in [5.74, 6) is 0.447. The average Bonchev–Trinajstić information content (AvgIpc) is 2.70. The Morgan fingerprint density at radius 1 is 1.03 bits per heavy atom.